The van der Waals surface area contributed by atoms with E-state index in [-0.39, 0.29) is 17.7 Å². The average molecular weight is 386 g/mol. The molecule has 0 spiro atoms. The molecule has 0 amide bonds. The Morgan fingerprint density at radius 2 is 2.00 bits per heavy atom. The highest BCUT2D eigenvalue weighted by atomic mass is 35.5. The minimum absolute atomic E-state index is 0.194. The zero-order chi connectivity index (χ0) is 18.8. The molecule has 2 N–H and O–H groups in total. The van der Waals surface area contributed by atoms with Crippen molar-refractivity contribution in [1.29, 1.82) is 0 Å². The molecule has 2 aliphatic rings. The Kier molecular flexibility index (Phi) is 3.83. The Labute approximate surface area is 162 Å². The van der Waals surface area contributed by atoms with Gasteiger partial charge in [-0.2, -0.15) is 0 Å². The molecular weight excluding hydrogens is 365 g/mol. The van der Waals surface area contributed by atoms with Crippen LogP contribution in [-0.2, 0) is 5.60 Å². The third-order valence-corrected chi connectivity index (χ3v) is 6.72. The molecule has 1 aromatic carbocycles. The highest BCUT2D eigenvalue weighted by Gasteiger charge is 2.54. The van der Waals surface area contributed by atoms with Gasteiger partial charge in [-0.3, -0.25) is 0 Å². The fraction of sp³-hybridized carbons (Fsp3) is 0.381. The molecule has 1 saturated carbocycles. The van der Waals surface area contributed by atoms with Crippen molar-refractivity contribution in [2.45, 2.75) is 18.4 Å². The summed E-state index contributed by atoms with van der Waals surface area (Å²) in [5.74, 6) is 0.0546. The van der Waals surface area contributed by atoms with Gasteiger partial charge in [-0.05, 0) is 43.1 Å². The average Bonchev–Trinajstić information content (AvgIpc) is 3.08. The lowest BCUT2D eigenvalue weighted by Crippen LogP contribution is -2.50. The highest BCUT2D eigenvalue weighted by Crippen LogP contribution is 2.53. The van der Waals surface area contributed by atoms with Crippen molar-refractivity contribution in [3.63, 3.8) is 0 Å². The number of piperidine rings is 1. The van der Waals surface area contributed by atoms with Gasteiger partial charge < -0.3 is 15.0 Å². The van der Waals surface area contributed by atoms with Crippen LogP contribution in [0.15, 0.2) is 36.7 Å². The molecule has 0 radical (unpaired) electrons. The van der Waals surface area contributed by atoms with Crippen LogP contribution in [0.25, 0.3) is 22.2 Å². The molecule has 2 aromatic heterocycles. The van der Waals surface area contributed by atoms with E-state index in [1.165, 1.54) is 6.20 Å². The number of H-pyrrole nitrogens is 1. The summed E-state index contributed by atoms with van der Waals surface area (Å²) in [4.78, 5) is 9.31. The van der Waals surface area contributed by atoms with Crippen LogP contribution in [0, 0.1) is 17.7 Å². The summed E-state index contributed by atoms with van der Waals surface area (Å²) in [6.45, 7) is 1.76. The molecule has 5 rings (SSSR count). The topological polar surface area (TPSA) is 52.1 Å². The van der Waals surface area contributed by atoms with Crippen LogP contribution in [-0.4, -0.2) is 40.1 Å². The fourth-order valence-corrected chi connectivity index (χ4v) is 5.50. The molecule has 6 heteroatoms. The predicted molar refractivity (Wildman–Crippen MR) is 104 cm³/mol. The van der Waals surface area contributed by atoms with Crippen molar-refractivity contribution in [2.24, 2.45) is 11.8 Å². The third kappa shape index (κ3) is 2.45. The Morgan fingerprint density at radius 1 is 1.26 bits per heavy atom. The van der Waals surface area contributed by atoms with Gasteiger partial charge in [0.2, 0.25) is 0 Å². The van der Waals surface area contributed by atoms with Crippen molar-refractivity contribution in [1.82, 2.24) is 14.9 Å². The normalized spacial score (nSPS) is 28.1. The zero-order valence-corrected chi connectivity index (χ0v) is 15.8. The first-order valence-electron chi connectivity index (χ1n) is 9.31. The molecular formula is C21H21ClFN3O. The lowest BCUT2D eigenvalue weighted by Gasteiger charge is -2.44. The van der Waals surface area contributed by atoms with Gasteiger partial charge in [0.15, 0.2) is 5.82 Å². The molecule has 3 aromatic rings. The van der Waals surface area contributed by atoms with Crippen molar-refractivity contribution in [3.8, 4) is 11.1 Å². The van der Waals surface area contributed by atoms with Gasteiger partial charge >= 0.3 is 0 Å². The number of aromatic nitrogens is 2. The van der Waals surface area contributed by atoms with Crippen LogP contribution in [0.1, 0.15) is 18.4 Å². The molecule has 1 unspecified atom stereocenters. The summed E-state index contributed by atoms with van der Waals surface area (Å²) in [6, 6.07) is 7.48. The predicted octanol–water partition coefficient (Wildman–Crippen LogP) is 4.18. The molecule has 140 valence electrons. The van der Waals surface area contributed by atoms with Crippen LogP contribution in [0.3, 0.4) is 0 Å². The van der Waals surface area contributed by atoms with E-state index in [2.05, 4.69) is 21.9 Å². The summed E-state index contributed by atoms with van der Waals surface area (Å²) in [5, 5.41) is 12.6. The number of likely N-dealkylation sites (tertiary alicyclic amines) is 1. The summed E-state index contributed by atoms with van der Waals surface area (Å²) < 4.78 is 14.2. The minimum atomic E-state index is -0.880. The van der Waals surface area contributed by atoms with Gasteiger partial charge in [-0.15, -0.1) is 0 Å². The quantitative estimate of drug-likeness (QED) is 0.695. The Hall–Kier alpha value is -1.95. The van der Waals surface area contributed by atoms with E-state index < -0.39 is 5.60 Å². The monoisotopic (exact) mass is 385 g/mol. The van der Waals surface area contributed by atoms with Gasteiger partial charge in [0.1, 0.15) is 5.65 Å². The molecule has 2 fully saturated rings. The first-order valence-corrected chi connectivity index (χ1v) is 9.69. The Balaban J connectivity index is 1.60. The summed E-state index contributed by atoms with van der Waals surface area (Å²) in [6.07, 6.45) is 5.00. The molecule has 2 bridgehead atoms. The van der Waals surface area contributed by atoms with Crippen molar-refractivity contribution >= 4 is 22.6 Å². The number of fused-ring (bicyclic) bond motifs is 3. The molecule has 3 heterocycles. The number of hydrogen-bond acceptors (Lipinski definition) is 3. The lowest BCUT2D eigenvalue weighted by molar-refractivity contribution is -0.0846. The van der Waals surface area contributed by atoms with Crippen molar-refractivity contribution < 1.29 is 9.50 Å². The number of nitrogens with one attached hydrogen (secondary N) is 1. The third-order valence-electron chi connectivity index (χ3n) is 6.41. The summed E-state index contributed by atoms with van der Waals surface area (Å²) in [7, 11) is 2.11. The smallest absolute Gasteiger partial charge is 0.150 e. The number of nitrogens with zero attached hydrogens (tertiary/aromatic N) is 2. The van der Waals surface area contributed by atoms with E-state index in [1.807, 2.05) is 18.2 Å². The standard InChI is InChI=1S/C21H21ClFN3O/c1-26-10-13-3-4-14(11-26)21(13,27)16-5-2-12(8-17(16)22)15-6-7-24-20-19(15)18(23)9-25-20/h2,5-9,13-14,27H,3-4,10-11H2,1H3,(H,24,25)/t13-,14+,21?. The second-order valence-corrected chi connectivity index (χ2v) is 8.34. The first kappa shape index (κ1) is 17.2. The van der Waals surface area contributed by atoms with Gasteiger partial charge in [-0.1, -0.05) is 23.7 Å². The molecule has 27 heavy (non-hydrogen) atoms. The number of aromatic amines is 1. The van der Waals surface area contributed by atoms with E-state index in [1.54, 1.807) is 12.3 Å². The van der Waals surface area contributed by atoms with E-state index in [4.69, 9.17) is 11.6 Å². The van der Waals surface area contributed by atoms with Gasteiger partial charge in [0, 0.05) is 47.9 Å². The van der Waals surface area contributed by atoms with Gasteiger partial charge in [-0.25, -0.2) is 9.37 Å². The first-order chi connectivity index (χ1) is 13.0. The van der Waals surface area contributed by atoms with Crippen LogP contribution in [0.4, 0.5) is 4.39 Å². The number of hydrogen-bond donors (Lipinski definition) is 2. The van der Waals surface area contributed by atoms with E-state index in [9.17, 15) is 9.50 Å². The van der Waals surface area contributed by atoms with E-state index in [0.29, 0.717) is 16.1 Å². The lowest BCUT2D eigenvalue weighted by atomic mass is 9.75. The molecule has 1 aliphatic heterocycles. The number of halogens is 2. The number of benzene rings is 1. The summed E-state index contributed by atoms with van der Waals surface area (Å²) >= 11 is 6.67. The SMILES string of the molecule is CN1C[C@H]2CC[C@@H](C1)C2(O)c1ccc(-c2ccnc3[nH]cc(F)c23)cc1Cl. The number of rotatable bonds is 2. The van der Waals surface area contributed by atoms with E-state index in [0.717, 1.165) is 42.6 Å². The molecule has 4 nitrogen and oxygen atoms in total. The Bertz CT molecular complexity index is 1020. The molecule has 1 saturated heterocycles. The van der Waals surface area contributed by atoms with Crippen LogP contribution < -0.4 is 0 Å². The molecule has 3 atom stereocenters. The zero-order valence-electron chi connectivity index (χ0n) is 15.0. The second kappa shape index (κ2) is 6.03. The van der Waals surface area contributed by atoms with Gasteiger partial charge in [0.05, 0.1) is 11.0 Å². The summed E-state index contributed by atoms with van der Waals surface area (Å²) in [5.41, 5.74) is 1.99. The maximum atomic E-state index is 14.2. The maximum absolute atomic E-state index is 14.2. The Morgan fingerprint density at radius 3 is 2.70 bits per heavy atom. The second-order valence-electron chi connectivity index (χ2n) is 7.93. The minimum Gasteiger partial charge on any atom is -0.384 e. The largest absolute Gasteiger partial charge is 0.384 e. The number of aliphatic hydroxyl groups is 1. The van der Waals surface area contributed by atoms with Crippen molar-refractivity contribution in [3.05, 3.63) is 53.1 Å². The molecule has 1 aliphatic carbocycles. The van der Waals surface area contributed by atoms with E-state index >= 15 is 0 Å². The van der Waals surface area contributed by atoms with Crippen LogP contribution in [0.2, 0.25) is 5.02 Å². The fourth-order valence-electron chi connectivity index (χ4n) is 5.17. The van der Waals surface area contributed by atoms with Crippen LogP contribution in [0.5, 0.6) is 0 Å². The maximum Gasteiger partial charge on any atom is 0.150 e. The van der Waals surface area contributed by atoms with Crippen LogP contribution >= 0.6 is 11.6 Å². The highest BCUT2D eigenvalue weighted by molar-refractivity contribution is 6.31. The van der Waals surface area contributed by atoms with Crippen molar-refractivity contribution in [2.75, 3.05) is 20.1 Å². The number of pyridine rings is 1. The van der Waals surface area contributed by atoms with Gasteiger partial charge in [0.25, 0.3) is 0 Å².